The van der Waals surface area contributed by atoms with Gasteiger partial charge in [0.15, 0.2) is 0 Å². The maximum Gasteiger partial charge on any atom is 0.276 e. The van der Waals surface area contributed by atoms with E-state index in [1.54, 1.807) is 36.4 Å². The molecule has 0 radical (unpaired) electrons. The largest absolute Gasteiger partial charge is 0.496 e. The second-order valence-electron chi connectivity index (χ2n) is 6.10. The highest BCUT2D eigenvalue weighted by molar-refractivity contribution is 7.89. The number of hydrazone groups is 1. The fourth-order valence-electron chi connectivity index (χ4n) is 2.54. The van der Waals surface area contributed by atoms with Crippen molar-refractivity contribution in [2.75, 3.05) is 7.11 Å². The summed E-state index contributed by atoms with van der Waals surface area (Å²) in [4.78, 5) is 2.28. The van der Waals surface area contributed by atoms with Crippen molar-refractivity contribution < 1.29 is 22.3 Å². The lowest BCUT2D eigenvalue weighted by atomic mass is 10.1. The van der Waals surface area contributed by atoms with E-state index in [2.05, 4.69) is 9.93 Å². The number of sulfonamides is 1. The van der Waals surface area contributed by atoms with E-state index in [-0.39, 0.29) is 16.5 Å². The molecule has 0 atom stereocenters. The van der Waals surface area contributed by atoms with Gasteiger partial charge in [-0.05, 0) is 48.0 Å². The highest BCUT2D eigenvalue weighted by atomic mass is 35.5. The van der Waals surface area contributed by atoms with Crippen LogP contribution in [-0.2, 0) is 16.6 Å². The highest BCUT2D eigenvalue weighted by Gasteiger charge is 2.11. The minimum atomic E-state index is -3.75. The molecule has 0 spiro atoms. The van der Waals surface area contributed by atoms with Gasteiger partial charge in [-0.15, -0.1) is 0 Å². The first-order valence-corrected chi connectivity index (χ1v) is 10.6. The highest BCUT2D eigenvalue weighted by Crippen LogP contribution is 2.25. The van der Waals surface area contributed by atoms with Crippen LogP contribution in [0.3, 0.4) is 0 Å². The Morgan fingerprint density at radius 3 is 2.57 bits per heavy atom. The third kappa shape index (κ3) is 5.49. The molecule has 0 unspecified atom stereocenters. The second kappa shape index (κ2) is 9.60. The van der Waals surface area contributed by atoms with Crippen LogP contribution >= 0.6 is 11.6 Å². The molecule has 6 nitrogen and oxygen atoms in total. The molecule has 0 aromatic heterocycles. The molecule has 3 aromatic rings. The Bertz CT molecular complexity index is 1150. The van der Waals surface area contributed by atoms with E-state index >= 15 is 0 Å². The lowest BCUT2D eigenvalue weighted by molar-refractivity contribution is 0.296. The molecule has 3 rings (SSSR count). The van der Waals surface area contributed by atoms with Crippen LogP contribution < -0.4 is 14.3 Å². The minimum Gasteiger partial charge on any atom is -0.496 e. The maximum absolute atomic E-state index is 13.3. The summed E-state index contributed by atoms with van der Waals surface area (Å²) in [6.45, 7) is 0.128. The Labute approximate surface area is 179 Å². The van der Waals surface area contributed by atoms with Crippen molar-refractivity contribution in [1.29, 1.82) is 0 Å². The van der Waals surface area contributed by atoms with Gasteiger partial charge in [0.05, 0.1) is 23.2 Å². The van der Waals surface area contributed by atoms with Crippen LogP contribution in [0.15, 0.2) is 76.7 Å². The molecule has 9 heteroatoms. The normalized spacial score (nSPS) is 11.4. The Balaban J connectivity index is 1.72. The third-order valence-electron chi connectivity index (χ3n) is 4.03. The predicted molar refractivity (Wildman–Crippen MR) is 113 cm³/mol. The number of rotatable bonds is 8. The zero-order valence-corrected chi connectivity index (χ0v) is 17.5. The summed E-state index contributed by atoms with van der Waals surface area (Å²) >= 11 is 5.76. The van der Waals surface area contributed by atoms with Crippen LogP contribution in [0.2, 0.25) is 5.02 Å². The number of nitrogens with zero attached hydrogens (tertiary/aromatic N) is 1. The fourth-order valence-corrected chi connectivity index (χ4v) is 3.52. The molecular weight excluding hydrogens is 431 g/mol. The van der Waals surface area contributed by atoms with E-state index in [9.17, 15) is 12.8 Å². The summed E-state index contributed by atoms with van der Waals surface area (Å²) < 4.78 is 48.7. The number of halogens is 2. The Hall–Kier alpha value is -3.10. The molecular formula is C21H18ClFN2O4S. The SMILES string of the molecule is COc1ccc(/C=N/NS(=O)(=O)c2ccccc2)cc1COc1ccc(F)c(Cl)c1. The Kier molecular flexibility index (Phi) is 6.91. The molecule has 0 aliphatic carbocycles. The van der Waals surface area contributed by atoms with E-state index in [0.717, 1.165) is 0 Å². The van der Waals surface area contributed by atoms with Crippen molar-refractivity contribution >= 4 is 27.8 Å². The van der Waals surface area contributed by atoms with Gasteiger partial charge in [-0.25, -0.2) is 9.22 Å². The van der Waals surface area contributed by atoms with Crippen LogP contribution in [0.5, 0.6) is 11.5 Å². The van der Waals surface area contributed by atoms with Gasteiger partial charge in [0, 0.05) is 11.6 Å². The van der Waals surface area contributed by atoms with E-state index in [1.807, 2.05) is 0 Å². The number of hydrogen-bond acceptors (Lipinski definition) is 5. The van der Waals surface area contributed by atoms with Crippen molar-refractivity contribution in [3.63, 3.8) is 0 Å². The molecule has 1 N–H and O–H groups in total. The van der Waals surface area contributed by atoms with Crippen molar-refractivity contribution in [2.45, 2.75) is 11.5 Å². The van der Waals surface area contributed by atoms with Crippen molar-refractivity contribution in [3.8, 4) is 11.5 Å². The number of methoxy groups -OCH3 is 1. The lowest BCUT2D eigenvalue weighted by Crippen LogP contribution is -2.18. The summed E-state index contributed by atoms with van der Waals surface area (Å²) in [5.41, 5.74) is 1.31. The number of nitrogens with one attached hydrogen (secondary N) is 1. The topological polar surface area (TPSA) is 77.0 Å². The molecule has 0 saturated carbocycles. The standard InChI is InChI=1S/C21H18ClFN2O4S/c1-28-21-10-7-15(13-24-25-30(26,27)18-5-3-2-4-6-18)11-16(21)14-29-17-8-9-20(23)19(22)12-17/h2-13,25H,14H2,1H3/b24-13+. The minimum absolute atomic E-state index is 0.0361. The molecule has 0 aliphatic heterocycles. The average molecular weight is 449 g/mol. The zero-order valence-electron chi connectivity index (χ0n) is 15.9. The summed E-state index contributed by atoms with van der Waals surface area (Å²) in [6.07, 6.45) is 1.37. The van der Waals surface area contributed by atoms with Gasteiger partial charge in [0.1, 0.15) is 23.9 Å². The van der Waals surface area contributed by atoms with Crippen molar-refractivity contribution in [2.24, 2.45) is 5.10 Å². The van der Waals surface area contributed by atoms with Crippen LogP contribution in [0.1, 0.15) is 11.1 Å². The fraction of sp³-hybridized carbons (Fsp3) is 0.0952. The molecule has 3 aromatic carbocycles. The van der Waals surface area contributed by atoms with E-state index < -0.39 is 15.8 Å². The summed E-state index contributed by atoms with van der Waals surface area (Å²) in [6, 6.07) is 17.2. The molecule has 0 aliphatic rings. The Morgan fingerprint density at radius 1 is 1.10 bits per heavy atom. The number of ether oxygens (including phenoxy) is 2. The van der Waals surface area contributed by atoms with Gasteiger partial charge in [0.25, 0.3) is 10.0 Å². The Morgan fingerprint density at radius 2 is 1.87 bits per heavy atom. The van der Waals surface area contributed by atoms with Crippen LogP contribution in [-0.4, -0.2) is 21.7 Å². The molecule has 30 heavy (non-hydrogen) atoms. The van der Waals surface area contributed by atoms with Gasteiger partial charge in [0.2, 0.25) is 0 Å². The van der Waals surface area contributed by atoms with Gasteiger partial charge in [-0.1, -0.05) is 29.8 Å². The second-order valence-corrected chi connectivity index (χ2v) is 8.17. The first kappa shape index (κ1) is 21.6. The monoisotopic (exact) mass is 448 g/mol. The van der Waals surface area contributed by atoms with Crippen LogP contribution in [0.25, 0.3) is 0 Å². The third-order valence-corrected chi connectivity index (χ3v) is 5.56. The van der Waals surface area contributed by atoms with E-state index in [4.69, 9.17) is 21.1 Å². The van der Waals surface area contributed by atoms with Gasteiger partial charge < -0.3 is 9.47 Å². The number of benzene rings is 3. The van der Waals surface area contributed by atoms with E-state index in [0.29, 0.717) is 22.6 Å². The summed E-state index contributed by atoms with van der Waals surface area (Å²) in [5, 5.41) is 3.79. The van der Waals surface area contributed by atoms with Crippen molar-refractivity contribution in [1.82, 2.24) is 4.83 Å². The first-order chi connectivity index (χ1) is 14.4. The summed E-state index contributed by atoms with van der Waals surface area (Å²) in [7, 11) is -2.22. The lowest BCUT2D eigenvalue weighted by Gasteiger charge is -2.11. The molecule has 0 fully saturated rings. The summed E-state index contributed by atoms with van der Waals surface area (Å²) in [5.74, 6) is 0.445. The molecule has 0 saturated heterocycles. The average Bonchev–Trinajstić information content (AvgIpc) is 2.75. The van der Waals surface area contributed by atoms with Crippen LogP contribution in [0, 0.1) is 5.82 Å². The maximum atomic E-state index is 13.3. The number of hydrogen-bond donors (Lipinski definition) is 1. The predicted octanol–water partition coefficient (Wildman–Crippen LogP) is 4.38. The molecule has 0 heterocycles. The van der Waals surface area contributed by atoms with Gasteiger partial charge in [-0.3, -0.25) is 0 Å². The quantitative estimate of drug-likeness (QED) is 0.410. The van der Waals surface area contributed by atoms with Gasteiger partial charge >= 0.3 is 0 Å². The zero-order chi connectivity index (χ0) is 21.6. The smallest absolute Gasteiger partial charge is 0.276 e. The molecule has 0 bridgehead atoms. The van der Waals surface area contributed by atoms with Crippen molar-refractivity contribution in [3.05, 3.63) is 88.7 Å². The van der Waals surface area contributed by atoms with Crippen LogP contribution in [0.4, 0.5) is 4.39 Å². The van der Waals surface area contributed by atoms with E-state index in [1.165, 1.54) is 43.7 Å². The first-order valence-electron chi connectivity index (χ1n) is 8.74. The van der Waals surface area contributed by atoms with Gasteiger partial charge in [-0.2, -0.15) is 13.5 Å². The molecule has 0 amide bonds. The molecule has 156 valence electrons.